The molecule has 0 radical (unpaired) electrons. The second kappa shape index (κ2) is 12.3. The number of aliphatic hydroxyl groups is 1. The van der Waals surface area contributed by atoms with E-state index in [9.17, 15) is 34.4 Å². The summed E-state index contributed by atoms with van der Waals surface area (Å²) in [6, 6.07) is 22.9. The van der Waals surface area contributed by atoms with Gasteiger partial charge in [-0.2, -0.15) is 0 Å². The minimum atomic E-state index is -3.12. The van der Waals surface area contributed by atoms with Crippen LogP contribution in [0.2, 0.25) is 18.6 Å². The fourth-order valence-electron chi connectivity index (χ4n) is 9.33. The number of hydrogen-bond donors (Lipinski definition) is 2. The molecule has 0 unspecified atom stereocenters. The first-order chi connectivity index (χ1) is 24.8. The molecule has 2 fully saturated rings. The summed E-state index contributed by atoms with van der Waals surface area (Å²) in [6.07, 6.45) is 0.534. The fraction of sp³-hybridized carbons (Fsp3) is 0.359. The maximum atomic E-state index is 15.0. The van der Waals surface area contributed by atoms with Gasteiger partial charge in [0.05, 0.1) is 53.6 Å². The molecule has 0 aromatic heterocycles. The van der Waals surface area contributed by atoms with Gasteiger partial charge in [-0.1, -0.05) is 43.3 Å². The molecule has 4 aromatic carbocycles. The maximum Gasteiger partial charge on any atom is 0.269 e. The van der Waals surface area contributed by atoms with Gasteiger partial charge < -0.3 is 24.4 Å². The van der Waals surface area contributed by atoms with Gasteiger partial charge in [0.1, 0.15) is 0 Å². The number of amides is 3. The van der Waals surface area contributed by atoms with Gasteiger partial charge in [-0.15, -0.1) is 0 Å². The summed E-state index contributed by atoms with van der Waals surface area (Å²) in [7, 11) is -3.12. The smallest absolute Gasteiger partial charge is 0.269 e. The van der Waals surface area contributed by atoms with E-state index in [4.69, 9.17) is 4.74 Å². The normalized spacial score (nSPS) is 25.2. The molecule has 13 heteroatoms. The summed E-state index contributed by atoms with van der Waals surface area (Å²) < 4.78 is 6.79. The third kappa shape index (κ3) is 5.09. The third-order valence-corrected chi connectivity index (χ3v) is 14.0. The highest BCUT2D eigenvalue weighted by molar-refractivity contribution is 6.71. The summed E-state index contributed by atoms with van der Waals surface area (Å²) in [6.45, 7) is 5.78. The highest BCUT2D eigenvalue weighted by Crippen LogP contribution is 2.60. The molecule has 2 N–H and O–H groups in total. The van der Waals surface area contributed by atoms with E-state index in [0.717, 1.165) is 28.4 Å². The highest BCUT2D eigenvalue weighted by atomic mass is 28.4. The van der Waals surface area contributed by atoms with Crippen LogP contribution in [-0.2, 0) is 26.5 Å². The lowest BCUT2D eigenvalue weighted by Crippen LogP contribution is -2.46. The van der Waals surface area contributed by atoms with E-state index in [1.54, 1.807) is 33.9 Å². The number of fused-ring (bicyclic) bond motifs is 2. The molecule has 0 saturated carbocycles. The predicted molar refractivity (Wildman–Crippen MR) is 197 cm³/mol. The fourth-order valence-corrected chi connectivity index (χ4v) is 11.9. The van der Waals surface area contributed by atoms with Crippen LogP contribution in [0.4, 0.5) is 22.7 Å². The molecule has 1 spiro atoms. The number of nitrogens with zero attached hydrogens (tertiary/aromatic N) is 4. The van der Waals surface area contributed by atoms with Crippen LogP contribution >= 0.6 is 0 Å². The van der Waals surface area contributed by atoms with Crippen LogP contribution in [0, 0.1) is 16.0 Å². The molecular formula is C39H40N4O8Si. The Morgan fingerprint density at radius 2 is 1.79 bits per heavy atom. The molecule has 0 bridgehead atoms. The molecule has 4 aliphatic heterocycles. The lowest BCUT2D eigenvalue weighted by Gasteiger charge is -2.32. The maximum absolute atomic E-state index is 15.0. The Morgan fingerprint density at radius 3 is 2.52 bits per heavy atom. The standard InChI is InChI=1S/C39H40N4O8Si/c1-23-36(52(2,3)50)33(20-34(45)40-17-7-12-28(40)22-44)51-39(23)30-19-27(43(48)49)15-16-31(30)41(38(39)47)21-24-8-4-11-26(18-24)42-32-14-6-10-25-9-5-13-29(35(25)32)37(42)46/h4-6,8-11,13-16,18-19,23,28,33,36,44,50H,7,12,17,20-22H2,1-3H3/t23-,28-,33+,36-,39+/m0/s1. The van der Waals surface area contributed by atoms with Crippen LogP contribution < -0.4 is 9.80 Å². The molecule has 268 valence electrons. The molecule has 12 nitrogen and oxygen atoms in total. The zero-order chi connectivity index (χ0) is 36.7. The number of carbonyl (C=O) groups excluding carboxylic acids is 3. The second-order valence-electron chi connectivity index (χ2n) is 15.0. The van der Waals surface area contributed by atoms with Crippen molar-refractivity contribution in [2.45, 2.75) is 69.1 Å². The number of hydrogen-bond acceptors (Lipinski definition) is 8. The Morgan fingerprint density at radius 1 is 1.04 bits per heavy atom. The molecule has 2 saturated heterocycles. The van der Waals surface area contributed by atoms with Crippen molar-refractivity contribution in [2.75, 3.05) is 23.0 Å². The first-order valence-corrected chi connectivity index (χ1v) is 20.7. The Hall–Kier alpha value is -4.95. The Bertz CT molecular complexity index is 2160. The minimum Gasteiger partial charge on any atom is -0.432 e. The lowest BCUT2D eigenvalue weighted by atomic mass is 9.82. The van der Waals surface area contributed by atoms with Crippen molar-refractivity contribution >= 4 is 59.6 Å². The molecule has 3 amide bonds. The summed E-state index contributed by atoms with van der Waals surface area (Å²) >= 11 is 0. The van der Waals surface area contributed by atoms with Gasteiger partial charge in [0.2, 0.25) is 5.91 Å². The van der Waals surface area contributed by atoms with E-state index in [0.29, 0.717) is 35.5 Å². The van der Waals surface area contributed by atoms with Gasteiger partial charge in [-0.25, -0.2) is 0 Å². The molecule has 4 heterocycles. The first kappa shape index (κ1) is 34.1. The molecule has 4 aromatic rings. The van der Waals surface area contributed by atoms with E-state index >= 15 is 0 Å². The van der Waals surface area contributed by atoms with E-state index in [-0.39, 0.29) is 43.1 Å². The van der Waals surface area contributed by atoms with Crippen molar-refractivity contribution in [1.82, 2.24) is 4.90 Å². The van der Waals surface area contributed by atoms with Gasteiger partial charge in [0.15, 0.2) is 13.9 Å². The Labute approximate surface area is 301 Å². The molecule has 8 rings (SSSR count). The van der Waals surface area contributed by atoms with Crippen molar-refractivity contribution in [3.05, 3.63) is 106 Å². The number of nitro groups is 1. The zero-order valence-electron chi connectivity index (χ0n) is 29.2. The molecule has 52 heavy (non-hydrogen) atoms. The lowest BCUT2D eigenvalue weighted by molar-refractivity contribution is -0.385. The van der Waals surface area contributed by atoms with Gasteiger partial charge in [-0.05, 0) is 67.2 Å². The number of likely N-dealkylation sites (tertiary alicyclic amines) is 1. The van der Waals surface area contributed by atoms with Crippen LogP contribution in [-0.4, -0.2) is 71.1 Å². The Balaban J connectivity index is 1.16. The van der Waals surface area contributed by atoms with Crippen molar-refractivity contribution in [3.8, 4) is 0 Å². The number of aliphatic hydroxyl groups excluding tert-OH is 1. The van der Waals surface area contributed by atoms with E-state index in [2.05, 4.69) is 0 Å². The number of ether oxygens (including phenoxy) is 1. The van der Waals surface area contributed by atoms with Crippen LogP contribution in [0.25, 0.3) is 10.8 Å². The third-order valence-electron chi connectivity index (χ3n) is 11.5. The zero-order valence-corrected chi connectivity index (χ0v) is 30.2. The predicted octanol–water partition coefficient (Wildman–Crippen LogP) is 5.76. The number of anilines is 3. The van der Waals surface area contributed by atoms with Gasteiger partial charge in [0, 0.05) is 46.8 Å². The average Bonchev–Trinajstić information content (AvgIpc) is 3.85. The monoisotopic (exact) mass is 720 g/mol. The van der Waals surface area contributed by atoms with Crippen LogP contribution in [0.3, 0.4) is 0 Å². The second-order valence-corrected chi connectivity index (χ2v) is 18.9. The Kier molecular flexibility index (Phi) is 8.10. The molecule has 5 atom stereocenters. The summed E-state index contributed by atoms with van der Waals surface area (Å²) in [5.74, 6) is -1.42. The van der Waals surface area contributed by atoms with Crippen molar-refractivity contribution < 1.29 is 33.9 Å². The van der Waals surface area contributed by atoms with E-state index < -0.39 is 42.3 Å². The van der Waals surface area contributed by atoms with E-state index in [1.807, 2.05) is 67.6 Å². The summed E-state index contributed by atoms with van der Waals surface area (Å²) in [4.78, 5) is 70.5. The van der Waals surface area contributed by atoms with Crippen LogP contribution in [0.1, 0.15) is 47.7 Å². The molecule has 0 aliphatic carbocycles. The number of rotatable bonds is 8. The quantitative estimate of drug-likeness (QED) is 0.132. The average molecular weight is 721 g/mol. The number of carbonyl (C=O) groups is 3. The topological polar surface area (TPSA) is 154 Å². The van der Waals surface area contributed by atoms with Gasteiger partial charge in [0.25, 0.3) is 17.5 Å². The molecule has 4 aliphatic rings. The summed E-state index contributed by atoms with van der Waals surface area (Å²) in [5.41, 5.74) is 1.08. The number of nitro benzene ring substituents is 1. The van der Waals surface area contributed by atoms with Crippen molar-refractivity contribution in [1.29, 1.82) is 0 Å². The summed E-state index contributed by atoms with van der Waals surface area (Å²) in [5, 5.41) is 23.8. The largest absolute Gasteiger partial charge is 0.432 e. The number of benzene rings is 4. The van der Waals surface area contributed by atoms with Crippen LogP contribution in [0.5, 0.6) is 0 Å². The molecular weight excluding hydrogens is 681 g/mol. The first-order valence-electron chi connectivity index (χ1n) is 17.7. The minimum absolute atomic E-state index is 0.0780. The van der Waals surface area contributed by atoms with Gasteiger partial charge in [-0.3, -0.25) is 29.4 Å². The SMILES string of the molecule is C[C@H]1[C@H]([Si](C)(C)O)[C@@H](CC(=O)N2CCC[C@H]2CO)O[C@]12C(=O)N(Cc1cccc(N3C(=O)c4cccc5cccc3c45)c1)c1ccc([N+](=O)[O-])cc12. The van der Waals surface area contributed by atoms with Crippen LogP contribution in [0.15, 0.2) is 78.9 Å². The van der Waals surface area contributed by atoms with Crippen molar-refractivity contribution in [2.24, 2.45) is 5.92 Å². The highest BCUT2D eigenvalue weighted by Gasteiger charge is 2.67. The van der Waals surface area contributed by atoms with E-state index in [1.165, 1.54) is 12.1 Å². The van der Waals surface area contributed by atoms with Crippen molar-refractivity contribution in [3.63, 3.8) is 0 Å². The number of non-ortho nitro benzene ring substituents is 1. The van der Waals surface area contributed by atoms with Gasteiger partial charge >= 0.3 is 0 Å².